The average Bonchev–Trinajstić information content (AvgIpc) is 2.82. The van der Waals surface area contributed by atoms with Gasteiger partial charge in [-0.15, -0.1) is 0 Å². The SMILES string of the molecule is CCOC(=O)N[C@H]1CC[C@H](N/C(=N\C(=O)c2ccc(F)c(F)c2)NCc2cc(F)ccc2F)CC1. The van der Waals surface area contributed by atoms with Crippen molar-refractivity contribution < 1.29 is 31.9 Å². The zero-order valence-electron chi connectivity index (χ0n) is 19.0. The number of nitrogens with zero attached hydrogens (tertiary/aromatic N) is 1. The number of aliphatic imine (C=N–C) groups is 1. The Morgan fingerprint density at radius 1 is 0.914 bits per heavy atom. The summed E-state index contributed by atoms with van der Waals surface area (Å²) in [7, 11) is 0. The van der Waals surface area contributed by atoms with Crippen LogP contribution in [0, 0.1) is 23.3 Å². The summed E-state index contributed by atoms with van der Waals surface area (Å²) in [5.74, 6) is -4.43. The number of carbonyl (C=O) groups is 2. The minimum absolute atomic E-state index is 0.0159. The number of ether oxygens (including phenoxy) is 1. The fourth-order valence-corrected chi connectivity index (χ4v) is 3.69. The maximum Gasteiger partial charge on any atom is 0.407 e. The standard InChI is InChI=1S/C24H26F4N4O3/c1-2-35-24(34)31-18-7-5-17(6-8-18)30-23(29-13-15-11-16(25)4-10-19(15)26)32-22(33)14-3-9-20(27)21(28)12-14/h3-4,9-12,17-18H,2,5-8,13H2,1H3,(H,31,34)(H2,29,30,32,33)/t17-,18-. The van der Waals surface area contributed by atoms with Crippen LogP contribution < -0.4 is 16.0 Å². The number of halogens is 4. The Labute approximate surface area is 200 Å². The Hall–Kier alpha value is -3.63. The van der Waals surface area contributed by atoms with Gasteiger partial charge in [0.05, 0.1) is 6.61 Å². The highest BCUT2D eigenvalue weighted by atomic mass is 19.2. The lowest BCUT2D eigenvalue weighted by Gasteiger charge is -2.30. The number of rotatable bonds is 6. The smallest absolute Gasteiger partial charge is 0.407 e. The fourth-order valence-electron chi connectivity index (χ4n) is 3.69. The molecule has 1 aliphatic carbocycles. The molecule has 2 amide bonds. The van der Waals surface area contributed by atoms with E-state index < -0.39 is 35.3 Å². The van der Waals surface area contributed by atoms with E-state index in [9.17, 15) is 27.2 Å². The molecule has 0 spiro atoms. The van der Waals surface area contributed by atoms with Gasteiger partial charge in [-0.1, -0.05) is 0 Å². The van der Waals surface area contributed by atoms with Crippen LogP contribution in [0.4, 0.5) is 22.4 Å². The molecule has 188 valence electrons. The normalized spacial score (nSPS) is 18.0. The zero-order valence-corrected chi connectivity index (χ0v) is 19.0. The third-order valence-corrected chi connectivity index (χ3v) is 5.50. The summed E-state index contributed by atoms with van der Waals surface area (Å²) >= 11 is 0. The number of hydrogen-bond acceptors (Lipinski definition) is 3. The van der Waals surface area contributed by atoms with Crippen molar-refractivity contribution in [3.63, 3.8) is 0 Å². The van der Waals surface area contributed by atoms with Gasteiger partial charge in [0, 0.05) is 29.8 Å². The van der Waals surface area contributed by atoms with Crippen molar-refractivity contribution in [3.05, 3.63) is 70.8 Å². The first-order chi connectivity index (χ1) is 16.7. The minimum Gasteiger partial charge on any atom is -0.450 e. The van der Waals surface area contributed by atoms with Crippen LogP contribution in [0.1, 0.15) is 48.5 Å². The molecule has 0 aliphatic heterocycles. The molecule has 11 heteroatoms. The second kappa shape index (κ2) is 12.2. The largest absolute Gasteiger partial charge is 0.450 e. The maximum atomic E-state index is 14.0. The number of guanidine groups is 1. The first kappa shape index (κ1) is 26.0. The van der Waals surface area contributed by atoms with E-state index in [1.807, 2.05) is 0 Å². The molecule has 0 heterocycles. The Bertz CT molecular complexity index is 1090. The van der Waals surface area contributed by atoms with Crippen LogP contribution in [-0.4, -0.2) is 36.7 Å². The Morgan fingerprint density at radius 2 is 1.57 bits per heavy atom. The van der Waals surface area contributed by atoms with Crippen molar-refractivity contribution in [2.45, 2.75) is 51.2 Å². The number of hydrogen-bond donors (Lipinski definition) is 3. The zero-order chi connectivity index (χ0) is 25.4. The topological polar surface area (TPSA) is 91.8 Å². The molecule has 3 N–H and O–H groups in total. The average molecular weight is 494 g/mol. The van der Waals surface area contributed by atoms with Gasteiger partial charge >= 0.3 is 6.09 Å². The molecule has 0 atom stereocenters. The number of alkyl carbamates (subject to hydrolysis) is 1. The highest BCUT2D eigenvalue weighted by Gasteiger charge is 2.24. The lowest BCUT2D eigenvalue weighted by molar-refractivity contribution is 0.100. The number of amides is 2. The third-order valence-electron chi connectivity index (χ3n) is 5.50. The van der Waals surface area contributed by atoms with Crippen LogP contribution in [0.3, 0.4) is 0 Å². The lowest BCUT2D eigenvalue weighted by Crippen LogP contribution is -2.47. The summed E-state index contributed by atoms with van der Waals surface area (Å²) in [6, 6.07) is 5.43. The molecular formula is C24H26F4N4O3. The van der Waals surface area contributed by atoms with Gasteiger partial charge in [0.1, 0.15) is 11.6 Å². The number of carbonyl (C=O) groups excluding carboxylic acids is 2. The predicted molar refractivity (Wildman–Crippen MR) is 121 cm³/mol. The lowest BCUT2D eigenvalue weighted by atomic mass is 9.91. The van der Waals surface area contributed by atoms with E-state index in [1.165, 1.54) is 0 Å². The highest BCUT2D eigenvalue weighted by molar-refractivity contribution is 6.02. The molecule has 0 radical (unpaired) electrons. The monoisotopic (exact) mass is 494 g/mol. The van der Waals surface area contributed by atoms with E-state index >= 15 is 0 Å². The van der Waals surface area contributed by atoms with Crippen LogP contribution in [0.25, 0.3) is 0 Å². The van der Waals surface area contributed by atoms with E-state index in [-0.39, 0.29) is 42.3 Å². The van der Waals surface area contributed by atoms with Gasteiger partial charge < -0.3 is 20.7 Å². The van der Waals surface area contributed by atoms with Gasteiger partial charge in [-0.25, -0.2) is 22.4 Å². The third kappa shape index (κ3) is 7.69. The van der Waals surface area contributed by atoms with Crippen LogP contribution in [0.2, 0.25) is 0 Å². The van der Waals surface area contributed by atoms with Gasteiger partial charge in [-0.2, -0.15) is 4.99 Å². The van der Waals surface area contributed by atoms with Gasteiger partial charge in [0.2, 0.25) is 0 Å². The molecular weight excluding hydrogens is 468 g/mol. The van der Waals surface area contributed by atoms with Crippen molar-refractivity contribution in [1.82, 2.24) is 16.0 Å². The van der Waals surface area contributed by atoms with Crippen molar-refractivity contribution in [2.24, 2.45) is 4.99 Å². The van der Waals surface area contributed by atoms with Crippen LogP contribution >= 0.6 is 0 Å². The summed E-state index contributed by atoms with van der Waals surface area (Å²) in [6.07, 6.45) is 2.03. The molecule has 0 saturated heterocycles. The van der Waals surface area contributed by atoms with Crippen molar-refractivity contribution in [2.75, 3.05) is 6.61 Å². The van der Waals surface area contributed by atoms with Crippen LogP contribution in [0.15, 0.2) is 41.4 Å². The van der Waals surface area contributed by atoms with Crippen LogP contribution in [0.5, 0.6) is 0 Å². The van der Waals surface area contributed by atoms with Crippen molar-refractivity contribution >= 4 is 18.0 Å². The molecule has 1 fully saturated rings. The second-order valence-corrected chi connectivity index (χ2v) is 8.04. The van der Waals surface area contributed by atoms with Crippen molar-refractivity contribution in [1.29, 1.82) is 0 Å². The second-order valence-electron chi connectivity index (χ2n) is 8.04. The van der Waals surface area contributed by atoms with Gasteiger partial charge in [-0.3, -0.25) is 4.79 Å². The number of nitrogens with one attached hydrogen (secondary N) is 3. The Balaban J connectivity index is 1.70. The predicted octanol–water partition coefficient (Wildman–Crippen LogP) is 4.18. The van der Waals surface area contributed by atoms with E-state index in [4.69, 9.17) is 4.74 Å². The van der Waals surface area contributed by atoms with Gasteiger partial charge in [0.25, 0.3) is 5.91 Å². The quantitative estimate of drug-likeness (QED) is 0.319. The molecule has 1 aliphatic rings. The summed E-state index contributed by atoms with van der Waals surface area (Å²) in [5, 5.41) is 8.65. The molecule has 0 bridgehead atoms. The highest BCUT2D eigenvalue weighted by Crippen LogP contribution is 2.19. The molecule has 7 nitrogen and oxygen atoms in total. The Kier molecular flexibility index (Phi) is 9.04. The van der Waals surface area contributed by atoms with E-state index in [0.717, 1.165) is 36.4 Å². The molecule has 35 heavy (non-hydrogen) atoms. The molecule has 1 saturated carbocycles. The molecule has 3 rings (SSSR count). The first-order valence-corrected chi connectivity index (χ1v) is 11.2. The fraction of sp³-hybridized carbons (Fsp3) is 0.375. The van der Waals surface area contributed by atoms with E-state index in [0.29, 0.717) is 25.7 Å². The van der Waals surface area contributed by atoms with Crippen LogP contribution in [-0.2, 0) is 11.3 Å². The first-order valence-electron chi connectivity index (χ1n) is 11.2. The molecule has 0 unspecified atom stereocenters. The maximum absolute atomic E-state index is 14.0. The molecule has 2 aromatic rings. The summed E-state index contributed by atoms with van der Waals surface area (Å²) in [4.78, 5) is 28.1. The summed E-state index contributed by atoms with van der Waals surface area (Å²) < 4.78 is 59.2. The summed E-state index contributed by atoms with van der Waals surface area (Å²) in [5.41, 5.74) is -0.161. The number of benzene rings is 2. The van der Waals surface area contributed by atoms with E-state index in [1.54, 1.807) is 6.92 Å². The van der Waals surface area contributed by atoms with Crippen molar-refractivity contribution in [3.8, 4) is 0 Å². The van der Waals surface area contributed by atoms with Gasteiger partial charge in [-0.05, 0) is 69.0 Å². The van der Waals surface area contributed by atoms with E-state index in [2.05, 4.69) is 20.9 Å². The summed E-state index contributed by atoms with van der Waals surface area (Å²) in [6.45, 7) is 1.80. The Morgan fingerprint density at radius 3 is 2.23 bits per heavy atom. The minimum atomic E-state index is -1.19. The molecule has 0 aromatic heterocycles. The van der Waals surface area contributed by atoms with Gasteiger partial charge in [0.15, 0.2) is 17.6 Å². The molecule has 2 aromatic carbocycles.